The summed E-state index contributed by atoms with van der Waals surface area (Å²) in [6.45, 7) is 7.49. The van der Waals surface area contributed by atoms with Crippen LogP contribution < -0.4 is 5.32 Å². The summed E-state index contributed by atoms with van der Waals surface area (Å²) in [5, 5.41) is 4.88. The molecular formula is C16H21IN2S. The summed E-state index contributed by atoms with van der Waals surface area (Å²) >= 11 is 4.20. The first-order valence-corrected chi connectivity index (χ1v) is 8.91. The Bertz CT molecular complexity index is 546. The fourth-order valence-electron chi connectivity index (χ4n) is 2.15. The van der Waals surface area contributed by atoms with Gasteiger partial charge in [0, 0.05) is 20.9 Å². The summed E-state index contributed by atoms with van der Waals surface area (Å²) in [5.74, 6) is 0. The summed E-state index contributed by atoms with van der Waals surface area (Å²) in [5.41, 5.74) is 2.53. The first-order chi connectivity index (χ1) is 9.60. The van der Waals surface area contributed by atoms with Gasteiger partial charge in [-0.05, 0) is 67.1 Å². The average molecular weight is 400 g/mol. The Morgan fingerprint density at radius 3 is 2.75 bits per heavy atom. The van der Waals surface area contributed by atoms with Gasteiger partial charge >= 0.3 is 0 Å². The first kappa shape index (κ1) is 15.9. The van der Waals surface area contributed by atoms with Gasteiger partial charge in [-0.25, -0.2) is 4.98 Å². The second-order valence-corrected chi connectivity index (χ2v) is 7.55. The molecule has 0 saturated carbocycles. The summed E-state index contributed by atoms with van der Waals surface area (Å²) < 4.78 is 1.29. The van der Waals surface area contributed by atoms with Crippen LogP contribution in [0.4, 0.5) is 0 Å². The van der Waals surface area contributed by atoms with Gasteiger partial charge in [0.25, 0.3) is 0 Å². The van der Waals surface area contributed by atoms with Crippen molar-refractivity contribution in [3.05, 3.63) is 49.0 Å². The van der Waals surface area contributed by atoms with Crippen LogP contribution in [0, 0.1) is 17.4 Å². The molecule has 1 heterocycles. The quantitative estimate of drug-likeness (QED) is 0.715. The van der Waals surface area contributed by atoms with Crippen LogP contribution in [0.5, 0.6) is 0 Å². The molecule has 1 unspecified atom stereocenters. The van der Waals surface area contributed by atoms with Crippen LogP contribution in [-0.4, -0.2) is 11.5 Å². The maximum Gasteiger partial charge on any atom is 0.0949 e. The number of nitrogens with one attached hydrogen (secondary N) is 1. The average Bonchev–Trinajstić information content (AvgIpc) is 2.73. The van der Waals surface area contributed by atoms with Gasteiger partial charge in [0.1, 0.15) is 0 Å². The molecule has 1 N–H and O–H groups in total. The molecule has 1 aromatic heterocycles. The fraction of sp³-hybridized carbons (Fsp3) is 0.438. The van der Waals surface area contributed by atoms with Gasteiger partial charge < -0.3 is 5.32 Å². The van der Waals surface area contributed by atoms with E-state index in [-0.39, 0.29) is 0 Å². The Balaban J connectivity index is 2.18. The van der Waals surface area contributed by atoms with E-state index in [1.54, 1.807) is 0 Å². The van der Waals surface area contributed by atoms with Crippen molar-refractivity contribution in [1.29, 1.82) is 0 Å². The van der Waals surface area contributed by atoms with Gasteiger partial charge in [0.05, 0.1) is 10.7 Å². The molecule has 0 radical (unpaired) electrons. The molecule has 0 aliphatic carbocycles. The van der Waals surface area contributed by atoms with Gasteiger partial charge in [-0.15, -0.1) is 11.3 Å². The molecule has 0 fully saturated rings. The van der Waals surface area contributed by atoms with Crippen LogP contribution in [0.1, 0.15) is 40.5 Å². The van der Waals surface area contributed by atoms with Gasteiger partial charge in [0.15, 0.2) is 0 Å². The molecule has 0 saturated heterocycles. The summed E-state index contributed by atoms with van der Waals surface area (Å²) in [7, 11) is 0. The SMILES string of the molecule is CCCNC(Cc1nc(C)c(C)s1)c1cccc(I)c1. The second-order valence-electron chi connectivity index (χ2n) is 5.02. The van der Waals surface area contributed by atoms with Crippen LogP contribution >= 0.6 is 33.9 Å². The van der Waals surface area contributed by atoms with Crippen molar-refractivity contribution in [1.82, 2.24) is 10.3 Å². The van der Waals surface area contributed by atoms with Gasteiger partial charge in [-0.2, -0.15) is 0 Å². The second kappa shape index (κ2) is 7.52. The van der Waals surface area contributed by atoms with E-state index in [4.69, 9.17) is 0 Å². The van der Waals surface area contributed by atoms with Gasteiger partial charge in [0.2, 0.25) is 0 Å². The molecule has 0 aliphatic heterocycles. The molecule has 2 rings (SSSR count). The normalized spacial score (nSPS) is 12.6. The molecule has 4 heteroatoms. The van der Waals surface area contributed by atoms with Gasteiger partial charge in [-0.1, -0.05) is 19.1 Å². The monoisotopic (exact) mass is 400 g/mol. The van der Waals surface area contributed by atoms with Crippen molar-refractivity contribution >= 4 is 33.9 Å². The van der Waals surface area contributed by atoms with Crippen molar-refractivity contribution in [3.63, 3.8) is 0 Å². The van der Waals surface area contributed by atoms with Crippen LogP contribution in [0.2, 0.25) is 0 Å². The standard InChI is InChI=1S/C16H21IN2S/c1-4-8-18-15(13-6-5-7-14(17)9-13)10-16-19-11(2)12(3)20-16/h5-7,9,15,18H,4,8,10H2,1-3H3. The minimum Gasteiger partial charge on any atom is -0.310 e. The highest BCUT2D eigenvalue weighted by molar-refractivity contribution is 14.1. The van der Waals surface area contributed by atoms with Crippen LogP contribution in [-0.2, 0) is 6.42 Å². The smallest absolute Gasteiger partial charge is 0.0949 e. The number of hydrogen-bond acceptors (Lipinski definition) is 3. The third-order valence-electron chi connectivity index (χ3n) is 3.34. The van der Waals surface area contributed by atoms with Crippen molar-refractivity contribution in [2.24, 2.45) is 0 Å². The lowest BCUT2D eigenvalue weighted by molar-refractivity contribution is 0.528. The predicted octanol–water partition coefficient (Wildman–Crippen LogP) is 4.65. The number of halogens is 1. The maximum atomic E-state index is 4.68. The first-order valence-electron chi connectivity index (χ1n) is 7.02. The largest absolute Gasteiger partial charge is 0.310 e. The third kappa shape index (κ3) is 4.27. The number of aromatic nitrogens is 1. The minimum absolute atomic E-state index is 0.356. The highest BCUT2D eigenvalue weighted by atomic mass is 127. The van der Waals surface area contributed by atoms with Crippen molar-refractivity contribution in [3.8, 4) is 0 Å². The van der Waals surface area contributed by atoms with E-state index >= 15 is 0 Å². The molecular weight excluding hydrogens is 379 g/mol. The minimum atomic E-state index is 0.356. The lowest BCUT2D eigenvalue weighted by Gasteiger charge is -2.18. The molecule has 20 heavy (non-hydrogen) atoms. The predicted molar refractivity (Wildman–Crippen MR) is 95.5 cm³/mol. The van der Waals surface area contributed by atoms with Crippen molar-refractivity contribution < 1.29 is 0 Å². The molecule has 0 spiro atoms. The Labute approximate surface area is 139 Å². The fourth-order valence-corrected chi connectivity index (χ4v) is 3.70. The number of thiazole rings is 1. The van der Waals surface area contributed by atoms with Crippen LogP contribution in [0.15, 0.2) is 24.3 Å². The van der Waals surface area contributed by atoms with E-state index in [0.29, 0.717) is 6.04 Å². The summed E-state index contributed by atoms with van der Waals surface area (Å²) in [6, 6.07) is 9.10. The Kier molecular flexibility index (Phi) is 5.99. The number of aryl methyl sites for hydroxylation is 2. The molecule has 0 amide bonds. The van der Waals surface area contributed by atoms with Crippen molar-refractivity contribution in [2.75, 3.05) is 6.54 Å². The van der Waals surface area contributed by atoms with Crippen LogP contribution in [0.25, 0.3) is 0 Å². The molecule has 2 aromatic rings. The van der Waals surface area contributed by atoms with E-state index < -0.39 is 0 Å². The molecule has 1 aromatic carbocycles. The summed E-state index contributed by atoms with van der Waals surface area (Å²) in [6.07, 6.45) is 2.12. The highest BCUT2D eigenvalue weighted by Gasteiger charge is 2.14. The van der Waals surface area contributed by atoms with Crippen molar-refractivity contribution in [2.45, 2.75) is 39.7 Å². The summed E-state index contributed by atoms with van der Waals surface area (Å²) in [4.78, 5) is 6.01. The number of benzene rings is 1. The third-order valence-corrected chi connectivity index (χ3v) is 5.11. The van der Waals surface area contributed by atoms with Gasteiger partial charge in [-0.3, -0.25) is 0 Å². The zero-order chi connectivity index (χ0) is 14.5. The molecule has 2 nitrogen and oxygen atoms in total. The zero-order valence-corrected chi connectivity index (χ0v) is 15.2. The highest BCUT2D eigenvalue weighted by Crippen LogP contribution is 2.24. The Morgan fingerprint density at radius 1 is 1.35 bits per heavy atom. The van der Waals surface area contributed by atoms with E-state index in [1.165, 1.54) is 24.7 Å². The van der Waals surface area contributed by atoms with E-state index in [0.717, 1.165) is 19.4 Å². The number of nitrogens with zero attached hydrogens (tertiary/aromatic N) is 1. The molecule has 1 atom stereocenters. The van der Waals surface area contributed by atoms with E-state index in [9.17, 15) is 0 Å². The number of rotatable bonds is 6. The maximum absolute atomic E-state index is 4.68. The lowest BCUT2D eigenvalue weighted by atomic mass is 10.0. The van der Waals surface area contributed by atoms with E-state index in [2.05, 4.69) is 77.9 Å². The zero-order valence-electron chi connectivity index (χ0n) is 12.2. The number of hydrogen-bond donors (Lipinski definition) is 1. The molecule has 0 aliphatic rings. The Hall–Kier alpha value is -0.460. The molecule has 108 valence electrons. The van der Waals surface area contributed by atoms with E-state index in [1.807, 2.05) is 11.3 Å². The Morgan fingerprint density at radius 2 is 2.15 bits per heavy atom. The lowest BCUT2D eigenvalue weighted by Crippen LogP contribution is -2.24. The molecule has 0 bridgehead atoms. The van der Waals surface area contributed by atoms with Crippen LogP contribution in [0.3, 0.4) is 0 Å². The topological polar surface area (TPSA) is 24.9 Å².